The molecule has 0 aromatic heterocycles. The Labute approximate surface area is 132 Å². The van der Waals surface area contributed by atoms with Gasteiger partial charge in [-0.15, -0.1) is 0 Å². The molecule has 0 aliphatic heterocycles. The van der Waals surface area contributed by atoms with Gasteiger partial charge in [0.25, 0.3) is 0 Å². The largest absolute Gasteiger partial charge is 0.496 e. The Morgan fingerprint density at radius 3 is 1.86 bits per heavy atom. The van der Waals surface area contributed by atoms with Crippen molar-refractivity contribution >= 4 is 0 Å². The van der Waals surface area contributed by atoms with Gasteiger partial charge in [-0.1, -0.05) is 66.7 Å². The summed E-state index contributed by atoms with van der Waals surface area (Å²) in [6.07, 6.45) is 0. The first-order chi connectivity index (χ1) is 10.8. The molecule has 3 aromatic carbocycles. The van der Waals surface area contributed by atoms with E-state index < -0.39 is 0 Å². The van der Waals surface area contributed by atoms with Crippen LogP contribution in [0, 0.1) is 13.0 Å². The number of rotatable bonds is 4. The van der Waals surface area contributed by atoms with Crippen LogP contribution >= 0.6 is 0 Å². The smallest absolute Gasteiger partial charge is 0.123 e. The highest BCUT2D eigenvalue weighted by molar-refractivity contribution is 5.52. The lowest BCUT2D eigenvalue weighted by Gasteiger charge is -2.23. The van der Waals surface area contributed by atoms with Gasteiger partial charge in [0.2, 0.25) is 0 Å². The van der Waals surface area contributed by atoms with Crippen LogP contribution in [-0.4, -0.2) is 7.11 Å². The van der Waals surface area contributed by atoms with Gasteiger partial charge in [-0.3, -0.25) is 0 Å². The van der Waals surface area contributed by atoms with Gasteiger partial charge in [0.05, 0.1) is 7.11 Å². The van der Waals surface area contributed by atoms with E-state index in [4.69, 9.17) is 4.74 Å². The van der Waals surface area contributed by atoms with Crippen molar-refractivity contribution in [2.75, 3.05) is 7.11 Å². The third kappa shape index (κ3) is 2.75. The van der Waals surface area contributed by atoms with Crippen LogP contribution in [0.1, 0.15) is 28.2 Å². The number of benzene rings is 3. The molecular weight excluding hydrogens is 268 g/mol. The molecular formula is C21H19O. The molecule has 0 unspecified atom stereocenters. The third-order valence-corrected chi connectivity index (χ3v) is 3.98. The normalized spacial score (nSPS) is 10.7. The quantitative estimate of drug-likeness (QED) is 0.615. The molecule has 0 aliphatic carbocycles. The van der Waals surface area contributed by atoms with E-state index >= 15 is 0 Å². The van der Waals surface area contributed by atoms with Gasteiger partial charge in [0, 0.05) is 11.5 Å². The average Bonchev–Trinajstić information content (AvgIpc) is 2.58. The minimum absolute atomic E-state index is 0.159. The standard InChI is InChI=1S/C21H19O/c1-16-10-9-15-19(22-2)20(16)21(17-11-5-3-6-12-17)18-13-7-4-8-14-18/h3-8,10-15,21H,1-2H3. The van der Waals surface area contributed by atoms with Crippen LogP contribution in [0.4, 0.5) is 0 Å². The SMILES string of the molecule is COc1c[c]cc(C)c1C(c1ccccc1)c1ccccc1. The van der Waals surface area contributed by atoms with Crippen LogP contribution in [-0.2, 0) is 0 Å². The first kappa shape index (κ1) is 14.4. The molecule has 0 bridgehead atoms. The van der Waals surface area contributed by atoms with Gasteiger partial charge >= 0.3 is 0 Å². The zero-order valence-electron chi connectivity index (χ0n) is 12.9. The monoisotopic (exact) mass is 287 g/mol. The predicted octanol–water partition coefficient (Wildman–Crippen LogP) is 4.98. The Bertz CT molecular complexity index is 693. The fourth-order valence-electron chi connectivity index (χ4n) is 2.95. The molecule has 0 spiro atoms. The molecule has 109 valence electrons. The van der Waals surface area contributed by atoms with Crippen LogP contribution in [0.3, 0.4) is 0 Å². The van der Waals surface area contributed by atoms with Gasteiger partial charge < -0.3 is 4.74 Å². The summed E-state index contributed by atoms with van der Waals surface area (Å²) in [7, 11) is 1.72. The fraction of sp³-hybridized carbons (Fsp3) is 0.143. The van der Waals surface area contributed by atoms with Crippen LogP contribution in [0.2, 0.25) is 0 Å². The minimum Gasteiger partial charge on any atom is -0.496 e. The van der Waals surface area contributed by atoms with Crippen molar-refractivity contribution in [1.82, 2.24) is 0 Å². The molecule has 0 atom stereocenters. The number of hydrogen-bond donors (Lipinski definition) is 0. The van der Waals surface area contributed by atoms with Gasteiger partial charge in [-0.05, 0) is 35.7 Å². The molecule has 3 aromatic rings. The average molecular weight is 287 g/mol. The second kappa shape index (κ2) is 6.48. The molecule has 0 heterocycles. The van der Waals surface area contributed by atoms with Crippen LogP contribution in [0.25, 0.3) is 0 Å². The maximum absolute atomic E-state index is 5.62. The highest BCUT2D eigenvalue weighted by Gasteiger charge is 2.21. The van der Waals surface area contributed by atoms with Crippen molar-refractivity contribution in [3.05, 3.63) is 101 Å². The summed E-state index contributed by atoms with van der Waals surface area (Å²) in [6.45, 7) is 2.12. The number of hydrogen-bond acceptors (Lipinski definition) is 1. The zero-order valence-corrected chi connectivity index (χ0v) is 12.9. The van der Waals surface area contributed by atoms with E-state index in [1.165, 1.54) is 22.3 Å². The van der Waals surface area contributed by atoms with Crippen LogP contribution < -0.4 is 4.74 Å². The van der Waals surface area contributed by atoms with Crippen LogP contribution in [0.5, 0.6) is 5.75 Å². The maximum atomic E-state index is 5.62. The fourth-order valence-corrected chi connectivity index (χ4v) is 2.95. The first-order valence-corrected chi connectivity index (χ1v) is 7.45. The summed E-state index contributed by atoms with van der Waals surface area (Å²) >= 11 is 0. The summed E-state index contributed by atoms with van der Waals surface area (Å²) < 4.78 is 5.62. The first-order valence-electron chi connectivity index (χ1n) is 7.45. The summed E-state index contributed by atoms with van der Waals surface area (Å²) in [5, 5.41) is 0. The van der Waals surface area contributed by atoms with Crippen molar-refractivity contribution in [3.63, 3.8) is 0 Å². The highest BCUT2D eigenvalue weighted by atomic mass is 16.5. The molecule has 3 rings (SSSR count). The van der Waals surface area contributed by atoms with Crippen LogP contribution in [0.15, 0.2) is 72.8 Å². The van der Waals surface area contributed by atoms with Crippen molar-refractivity contribution < 1.29 is 4.74 Å². The lowest BCUT2D eigenvalue weighted by Crippen LogP contribution is -2.07. The minimum atomic E-state index is 0.159. The molecule has 0 fully saturated rings. The molecule has 1 radical (unpaired) electrons. The topological polar surface area (TPSA) is 9.23 Å². The molecule has 0 aliphatic rings. The second-order valence-electron chi connectivity index (χ2n) is 5.37. The number of aryl methyl sites for hydroxylation is 1. The van der Waals surface area contributed by atoms with Crippen molar-refractivity contribution in [3.8, 4) is 5.75 Å². The molecule has 0 amide bonds. The molecule has 0 N–H and O–H groups in total. The Morgan fingerprint density at radius 2 is 1.36 bits per heavy atom. The predicted molar refractivity (Wildman–Crippen MR) is 90.4 cm³/mol. The van der Waals surface area contributed by atoms with E-state index in [0.29, 0.717) is 0 Å². The Hall–Kier alpha value is -2.54. The van der Waals surface area contributed by atoms with Gasteiger partial charge in [0.15, 0.2) is 0 Å². The summed E-state index contributed by atoms with van der Waals surface area (Å²) in [4.78, 5) is 0. The number of ether oxygens (including phenoxy) is 1. The summed E-state index contributed by atoms with van der Waals surface area (Å²) in [5.41, 5.74) is 4.93. The number of methoxy groups -OCH3 is 1. The molecule has 22 heavy (non-hydrogen) atoms. The van der Waals surface area contributed by atoms with Crippen molar-refractivity contribution in [2.45, 2.75) is 12.8 Å². The Morgan fingerprint density at radius 1 is 0.818 bits per heavy atom. The lowest BCUT2D eigenvalue weighted by atomic mass is 9.82. The van der Waals surface area contributed by atoms with E-state index in [2.05, 4.69) is 73.7 Å². The second-order valence-corrected chi connectivity index (χ2v) is 5.37. The lowest BCUT2D eigenvalue weighted by molar-refractivity contribution is 0.408. The van der Waals surface area contributed by atoms with Gasteiger partial charge in [-0.25, -0.2) is 0 Å². The molecule has 1 heteroatoms. The zero-order chi connectivity index (χ0) is 15.4. The van der Waals surface area contributed by atoms with E-state index in [-0.39, 0.29) is 5.92 Å². The summed E-state index contributed by atoms with van der Waals surface area (Å²) in [5.74, 6) is 1.05. The van der Waals surface area contributed by atoms with E-state index in [0.717, 1.165) is 5.75 Å². The molecule has 0 saturated carbocycles. The van der Waals surface area contributed by atoms with E-state index in [1.807, 2.05) is 12.1 Å². The summed E-state index contributed by atoms with van der Waals surface area (Å²) in [6, 6.07) is 28.2. The van der Waals surface area contributed by atoms with Crippen molar-refractivity contribution in [1.29, 1.82) is 0 Å². The van der Waals surface area contributed by atoms with Gasteiger partial charge in [0.1, 0.15) is 5.75 Å². The molecule has 0 saturated heterocycles. The van der Waals surface area contributed by atoms with E-state index in [9.17, 15) is 0 Å². The molecule has 1 nitrogen and oxygen atoms in total. The highest BCUT2D eigenvalue weighted by Crippen LogP contribution is 2.38. The Kier molecular flexibility index (Phi) is 4.24. The Balaban J connectivity index is 2.24. The van der Waals surface area contributed by atoms with Crippen molar-refractivity contribution in [2.24, 2.45) is 0 Å². The van der Waals surface area contributed by atoms with E-state index in [1.54, 1.807) is 7.11 Å². The van der Waals surface area contributed by atoms with Gasteiger partial charge in [-0.2, -0.15) is 0 Å². The maximum Gasteiger partial charge on any atom is 0.123 e. The third-order valence-electron chi connectivity index (χ3n) is 3.98.